The summed E-state index contributed by atoms with van der Waals surface area (Å²) in [5, 5.41) is 13.8. The Labute approximate surface area is 527 Å². The summed E-state index contributed by atoms with van der Waals surface area (Å²) in [6.45, 7) is 0. The molecule has 16 aromatic rings. The Balaban J connectivity index is 1.02. The molecule has 0 atom stereocenters. The molecule has 0 saturated heterocycles. The van der Waals surface area contributed by atoms with Crippen molar-refractivity contribution in [2.24, 2.45) is 0 Å². The highest BCUT2D eigenvalue weighted by atomic mass is 19.4. The van der Waals surface area contributed by atoms with Gasteiger partial charge in [-0.3, -0.25) is 19.9 Å². The quantitative estimate of drug-likeness (QED) is 0.129. The van der Waals surface area contributed by atoms with Crippen LogP contribution in [0.15, 0.2) is 304 Å². The van der Waals surface area contributed by atoms with Crippen LogP contribution in [0.1, 0.15) is 11.1 Å². The first-order valence-corrected chi connectivity index (χ1v) is 30.2. The molecule has 92 heavy (non-hydrogen) atoms. The van der Waals surface area contributed by atoms with Crippen LogP contribution in [0.4, 0.5) is 13.2 Å². The third kappa shape index (κ3) is 9.64. The third-order valence-electron chi connectivity index (χ3n) is 17.4. The fourth-order valence-corrected chi connectivity index (χ4v) is 13.2. The van der Waals surface area contributed by atoms with Crippen LogP contribution in [0.2, 0.25) is 0 Å². The van der Waals surface area contributed by atoms with E-state index in [1.54, 1.807) is 53.6 Å². The number of halogens is 3. The first-order chi connectivity index (χ1) is 45.2. The van der Waals surface area contributed by atoms with Crippen LogP contribution in [-0.2, 0) is 6.18 Å². The van der Waals surface area contributed by atoms with Gasteiger partial charge in [0.2, 0.25) is 0 Å². The second-order valence-corrected chi connectivity index (χ2v) is 22.7. The van der Waals surface area contributed by atoms with E-state index in [9.17, 15) is 5.26 Å². The van der Waals surface area contributed by atoms with Crippen molar-refractivity contribution in [1.29, 1.82) is 5.26 Å². The molecule has 0 bridgehead atoms. The lowest BCUT2D eigenvalue weighted by atomic mass is 9.96. The van der Waals surface area contributed by atoms with Crippen LogP contribution in [0, 0.1) is 11.3 Å². The highest BCUT2D eigenvalue weighted by Gasteiger charge is 2.37. The van der Waals surface area contributed by atoms with E-state index in [2.05, 4.69) is 42.5 Å². The SMILES string of the molecule is N#Cc1cccc(-c2cc(-n3c4cc(-c5cccnc5-c5ccccc5)ccc4c4ccc(-c5cccnc5-c5ccccc5)cc43)c(C(F)(F)F)cc2-n2c3cc(-c4cccnc4-c4ccccc4)ccc3c3ccc(-c4cccnc4-c4ccccc4)cc32)c1. The lowest BCUT2D eigenvalue weighted by Gasteiger charge is -2.23. The van der Waals surface area contributed by atoms with E-state index in [-0.39, 0.29) is 11.4 Å². The molecule has 0 aliphatic rings. The maximum absolute atomic E-state index is 17.4. The molecule has 0 unspecified atom stereocenters. The number of hydrogen-bond donors (Lipinski definition) is 0. The molecule has 0 radical (unpaired) electrons. The van der Waals surface area contributed by atoms with E-state index in [1.807, 2.05) is 217 Å². The van der Waals surface area contributed by atoms with E-state index in [1.165, 1.54) is 6.07 Å². The predicted octanol–water partition coefficient (Wildman–Crippen LogP) is 21.4. The molecular weight excluding hydrogens is 1140 g/mol. The average molecular weight is 1190 g/mol. The largest absolute Gasteiger partial charge is 0.418 e. The molecule has 0 fully saturated rings. The predicted molar refractivity (Wildman–Crippen MR) is 365 cm³/mol. The first-order valence-electron chi connectivity index (χ1n) is 30.2. The number of rotatable bonds is 11. The van der Waals surface area contributed by atoms with Crippen LogP contribution >= 0.6 is 0 Å². The molecule has 16 rings (SSSR count). The zero-order valence-corrected chi connectivity index (χ0v) is 49.1. The van der Waals surface area contributed by atoms with Gasteiger partial charge < -0.3 is 9.13 Å². The van der Waals surface area contributed by atoms with E-state index in [0.717, 1.165) is 111 Å². The summed E-state index contributed by atoms with van der Waals surface area (Å²) < 4.78 is 56.0. The molecular formula is C82H50F3N7. The van der Waals surface area contributed by atoms with Gasteiger partial charge in [-0.25, -0.2) is 0 Å². The normalized spacial score (nSPS) is 11.6. The zero-order chi connectivity index (χ0) is 61.9. The van der Waals surface area contributed by atoms with Crippen molar-refractivity contribution in [3.05, 3.63) is 315 Å². The second kappa shape index (κ2) is 22.7. The number of fused-ring (bicyclic) bond motifs is 6. The standard InChI is InChI=1S/C82H50F3N7/c83-82(84,85)71-50-76(91-72-45-58(62-28-14-40-87-78(62)53-19-5-1-6-20-53)32-36-66(72)67-37-33-59(46-73(67)91)63-29-15-41-88-79(63)54-21-7-2-8-22-54)70(57-27-13-18-52(44-57)51-86)49-77(71)92-74-47-60(64-30-16-42-89-80(64)55-23-9-3-10-24-55)34-38-68(74)69-39-35-61(48-75(69)92)65-31-17-43-90-81(65)56-25-11-4-12-26-56/h1-50H. The minimum Gasteiger partial charge on any atom is -0.309 e. The minimum atomic E-state index is -4.95. The Morgan fingerprint density at radius 3 is 0.924 bits per heavy atom. The van der Waals surface area contributed by atoms with Gasteiger partial charge in [0.1, 0.15) is 0 Å². The van der Waals surface area contributed by atoms with Crippen LogP contribution in [-0.4, -0.2) is 29.1 Å². The summed E-state index contributed by atoms with van der Waals surface area (Å²) in [6.07, 6.45) is 2.11. The van der Waals surface area contributed by atoms with Crippen molar-refractivity contribution in [3.8, 4) is 118 Å². The van der Waals surface area contributed by atoms with Gasteiger partial charge in [-0.05, 0) is 101 Å². The molecule has 10 heteroatoms. The number of hydrogen-bond acceptors (Lipinski definition) is 5. The highest BCUT2D eigenvalue weighted by molar-refractivity contribution is 6.14. The summed E-state index contributed by atoms with van der Waals surface area (Å²) in [6, 6.07) is 92.2. The smallest absolute Gasteiger partial charge is 0.309 e. The average Bonchev–Trinajstić information content (AvgIpc) is 1.54. The van der Waals surface area contributed by atoms with Crippen molar-refractivity contribution < 1.29 is 13.2 Å². The van der Waals surface area contributed by atoms with E-state index in [0.29, 0.717) is 38.8 Å². The number of pyridine rings is 4. The highest BCUT2D eigenvalue weighted by Crippen LogP contribution is 2.48. The maximum Gasteiger partial charge on any atom is 0.418 e. The third-order valence-corrected chi connectivity index (χ3v) is 17.4. The molecule has 434 valence electrons. The van der Waals surface area contributed by atoms with Gasteiger partial charge >= 0.3 is 6.18 Å². The van der Waals surface area contributed by atoms with E-state index < -0.39 is 11.7 Å². The maximum atomic E-state index is 17.4. The van der Waals surface area contributed by atoms with Crippen molar-refractivity contribution in [3.63, 3.8) is 0 Å². The second-order valence-electron chi connectivity index (χ2n) is 22.7. The molecule has 0 N–H and O–H groups in total. The van der Waals surface area contributed by atoms with Crippen molar-refractivity contribution in [1.82, 2.24) is 29.1 Å². The number of alkyl halides is 3. The molecule has 0 aliphatic carbocycles. The molecule has 0 saturated carbocycles. The Bertz CT molecular complexity index is 5300. The topological polar surface area (TPSA) is 85.2 Å². The summed E-state index contributed by atoms with van der Waals surface area (Å²) in [5.74, 6) is 0. The van der Waals surface area contributed by atoms with Crippen LogP contribution in [0.25, 0.3) is 156 Å². The lowest BCUT2D eigenvalue weighted by molar-refractivity contribution is -0.137. The van der Waals surface area contributed by atoms with Crippen LogP contribution in [0.5, 0.6) is 0 Å². The van der Waals surface area contributed by atoms with Crippen molar-refractivity contribution in [2.75, 3.05) is 0 Å². The van der Waals surface area contributed by atoms with Gasteiger partial charge in [0.25, 0.3) is 0 Å². The van der Waals surface area contributed by atoms with Crippen LogP contribution in [0.3, 0.4) is 0 Å². The molecule has 0 spiro atoms. The van der Waals surface area contributed by atoms with Crippen molar-refractivity contribution >= 4 is 43.6 Å². The zero-order valence-electron chi connectivity index (χ0n) is 49.1. The lowest BCUT2D eigenvalue weighted by Crippen LogP contribution is -2.13. The van der Waals surface area contributed by atoms with Crippen LogP contribution < -0.4 is 0 Å². The molecule has 0 amide bonds. The first kappa shape index (κ1) is 55.0. The van der Waals surface area contributed by atoms with Gasteiger partial charge in [0, 0.05) is 96.4 Å². The minimum absolute atomic E-state index is 0.107. The number of benzene rings is 10. The summed E-state index contributed by atoms with van der Waals surface area (Å²) in [7, 11) is 0. The van der Waals surface area contributed by atoms with Crippen molar-refractivity contribution in [2.45, 2.75) is 6.18 Å². The Hall–Kier alpha value is -12.3. The molecule has 6 heterocycles. The van der Waals surface area contributed by atoms with Gasteiger partial charge in [0.05, 0.1) is 73.4 Å². The Kier molecular flexibility index (Phi) is 13.6. The summed E-state index contributed by atoms with van der Waals surface area (Å²) >= 11 is 0. The number of nitriles is 1. The summed E-state index contributed by atoms with van der Waals surface area (Å²) in [4.78, 5) is 19.6. The van der Waals surface area contributed by atoms with E-state index >= 15 is 13.2 Å². The molecule has 0 aliphatic heterocycles. The van der Waals surface area contributed by atoms with Gasteiger partial charge in [-0.1, -0.05) is 206 Å². The monoisotopic (exact) mass is 1190 g/mol. The fourth-order valence-electron chi connectivity index (χ4n) is 13.2. The molecule has 10 aromatic carbocycles. The van der Waals surface area contributed by atoms with Gasteiger partial charge in [0.15, 0.2) is 0 Å². The molecule has 6 aromatic heterocycles. The number of aromatic nitrogens is 6. The Morgan fingerprint density at radius 2 is 0.598 bits per heavy atom. The Morgan fingerprint density at radius 1 is 0.283 bits per heavy atom. The molecule has 7 nitrogen and oxygen atoms in total. The number of nitrogens with zero attached hydrogens (tertiary/aromatic N) is 7. The van der Waals surface area contributed by atoms with Gasteiger partial charge in [-0.15, -0.1) is 0 Å². The fraction of sp³-hybridized carbons (Fsp3) is 0.0122. The summed E-state index contributed by atoms with van der Waals surface area (Å²) in [5.41, 5.74) is 16.2. The van der Waals surface area contributed by atoms with E-state index in [4.69, 9.17) is 19.9 Å². The van der Waals surface area contributed by atoms with Gasteiger partial charge in [-0.2, -0.15) is 18.4 Å².